The molecular formula is C22H31N5O. The molecule has 28 heavy (non-hydrogen) atoms. The summed E-state index contributed by atoms with van der Waals surface area (Å²) in [6.45, 7) is 12.9. The summed E-state index contributed by atoms with van der Waals surface area (Å²) >= 11 is 0. The molecule has 150 valence electrons. The highest BCUT2D eigenvalue weighted by molar-refractivity contribution is 5.94. The van der Waals surface area contributed by atoms with Crippen LogP contribution in [0.5, 0.6) is 0 Å². The third-order valence-electron chi connectivity index (χ3n) is 5.11. The first kappa shape index (κ1) is 20.3. The number of anilines is 2. The van der Waals surface area contributed by atoms with Gasteiger partial charge in [0.15, 0.2) is 0 Å². The number of aromatic nitrogens is 2. The van der Waals surface area contributed by atoms with E-state index in [2.05, 4.69) is 34.7 Å². The van der Waals surface area contributed by atoms with Gasteiger partial charge in [0.1, 0.15) is 11.6 Å². The van der Waals surface area contributed by atoms with Crippen molar-refractivity contribution in [2.45, 2.75) is 33.6 Å². The van der Waals surface area contributed by atoms with E-state index < -0.39 is 0 Å². The van der Waals surface area contributed by atoms with Gasteiger partial charge in [-0.3, -0.25) is 9.69 Å². The van der Waals surface area contributed by atoms with Crippen LogP contribution in [0.2, 0.25) is 0 Å². The Hall–Kier alpha value is -2.47. The average Bonchev–Trinajstić information content (AvgIpc) is 2.69. The first-order valence-electron chi connectivity index (χ1n) is 10.2. The topological polar surface area (TPSA) is 52.6 Å². The normalized spacial score (nSPS) is 15.1. The molecule has 0 bridgehead atoms. The molecule has 6 heteroatoms. The molecule has 1 amide bonds. The van der Waals surface area contributed by atoms with Crippen molar-refractivity contribution < 1.29 is 4.79 Å². The Morgan fingerprint density at radius 1 is 1.11 bits per heavy atom. The number of likely N-dealkylation sites (N-methyl/N-ethyl adjacent to an activating group) is 1. The lowest BCUT2D eigenvalue weighted by atomic mass is 10.2. The van der Waals surface area contributed by atoms with E-state index >= 15 is 0 Å². The number of hydrogen-bond donors (Lipinski definition) is 0. The van der Waals surface area contributed by atoms with Crippen LogP contribution >= 0.6 is 0 Å². The van der Waals surface area contributed by atoms with Gasteiger partial charge in [0.25, 0.3) is 0 Å². The van der Waals surface area contributed by atoms with Gasteiger partial charge in [-0.15, -0.1) is 0 Å². The van der Waals surface area contributed by atoms with Crippen LogP contribution in [0.4, 0.5) is 11.5 Å². The molecule has 2 aromatic rings. The summed E-state index contributed by atoms with van der Waals surface area (Å²) in [6, 6.07) is 12.0. The number of carbonyl (C=O) groups excluding carboxylic acids is 1. The molecule has 3 rings (SSSR count). The number of piperazine rings is 1. The minimum atomic E-state index is 0.155. The molecule has 1 saturated heterocycles. The van der Waals surface area contributed by atoms with Gasteiger partial charge < -0.3 is 9.80 Å². The second-order valence-corrected chi connectivity index (χ2v) is 7.62. The molecule has 1 aromatic heterocycles. The van der Waals surface area contributed by atoms with Gasteiger partial charge in [0.2, 0.25) is 5.91 Å². The largest absolute Gasteiger partial charge is 0.354 e. The van der Waals surface area contributed by atoms with Gasteiger partial charge in [-0.1, -0.05) is 32.0 Å². The fourth-order valence-electron chi connectivity index (χ4n) is 3.52. The summed E-state index contributed by atoms with van der Waals surface area (Å²) in [4.78, 5) is 28.5. The molecule has 0 spiro atoms. The first-order chi connectivity index (χ1) is 13.5. The Morgan fingerprint density at radius 3 is 2.39 bits per heavy atom. The van der Waals surface area contributed by atoms with E-state index in [0.29, 0.717) is 19.0 Å². The predicted octanol–water partition coefficient (Wildman–Crippen LogP) is 3.08. The molecule has 6 nitrogen and oxygen atoms in total. The highest BCUT2D eigenvalue weighted by Gasteiger charge is 2.23. The number of rotatable bonds is 6. The van der Waals surface area contributed by atoms with Crippen molar-refractivity contribution in [3.05, 3.63) is 47.9 Å². The van der Waals surface area contributed by atoms with Crippen LogP contribution in [0.25, 0.3) is 0 Å². The number of aryl methyl sites for hydroxylation is 1. The Labute approximate surface area is 168 Å². The maximum Gasteiger partial charge on any atom is 0.241 e. The van der Waals surface area contributed by atoms with Crippen LogP contribution in [0.1, 0.15) is 38.2 Å². The van der Waals surface area contributed by atoms with E-state index in [0.717, 1.165) is 49.2 Å². The summed E-state index contributed by atoms with van der Waals surface area (Å²) in [5, 5.41) is 0. The lowest BCUT2D eigenvalue weighted by molar-refractivity contribution is -0.119. The Morgan fingerprint density at radius 2 is 1.79 bits per heavy atom. The fourth-order valence-corrected chi connectivity index (χ4v) is 3.52. The molecule has 0 unspecified atom stereocenters. The Bertz CT molecular complexity index is 785. The minimum absolute atomic E-state index is 0.155. The maximum atomic E-state index is 12.8. The van der Waals surface area contributed by atoms with Crippen molar-refractivity contribution >= 4 is 17.4 Å². The van der Waals surface area contributed by atoms with Crippen molar-refractivity contribution in [2.24, 2.45) is 0 Å². The molecule has 2 heterocycles. The fraction of sp³-hybridized carbons (Fsp3) is 0.500. The molecule has 0 N–H and O–H groups in total. The maximum absolute atomic E-state index is 12.8. The van der Waals surface area contributed by atoms with Crippen LogP contribution in [0, 0.1) is 6.92 Å². The quantitative estimate of drug-likeness (QED) is 0.770. The van der Waals surface area contributed by atoms with E-state index in [1.165, 1.54) is 0 Å². The van der Waals surface area contributed by atoms with Gasteiger partial charge in [-0.25, -0.2) is 9.97 Å². The summed E-state index contributed by atoms with van der Waals surface area (Å²) in [7, 11) is 0. The SMILES string of the molecule is CCN(C(=O)CN1CCN(c2cc(C)nc(C(C)C)n2)CC1)c1ccccc1. The molecule has 1 fully saturated rings. The van der Waals surface area contributed by atoms with Gasteiger partial charge in [0.05, 0.1) is 6.54 Å². The molecule has 0 saturated carbocycles. The zero-order valence-corrected chi connectivity index (χ0v) is 17.4. The summed E-state index contributed by atoms with van der Waals surface area (Å²) in [5.74, 6) is 2.37. The lowest BCUT2D eigenvalue weighted by Crippen LogP contribution is -2.50. The highest BCUT2D eigenvalue weighted by Crippen LogP contribution is 2.19. The smallest absolute Gasteiger partial charge is 0.241 e. The van der Waals surface area contributed by atoms with E-state index in [4.69, 9.17) is 4.98 Å². The van der Waals surface area contributed by atoms with Gasteiger partial charge in [-0.05, 0) is 26.0 Å². The molecule has 1 aromatic carbocycles. The van der Waals surface area contributed by atoms with Crippen molar-refractivity contribution in [1.82, 2.24) is 14.9 Å². The number of benzene rings is 1. The third kappa shape index (κ3) is 4.87. The van der Waals surface area contributed by atoms with Crippen molar-refractivity contribution in [3.63, 3.8) is 0 Å². The highest BCUT2D eigenvalue weighted by atomic mass is 16.2. The number of carbonyl (C=O) groups is 1. The average molecular weight is 382 g/mol. The minimum Gasteiger partial charge on any atom is -0.354 e. The van der Waals surface area contributed by atoms with E-state index in [1.54, 1.807) is 0 Å². The zero-order chi connectivity index (χ0) is 20.1. The molecule has 0 radical (unpaired) electrons. The molecule has 1 aliphatic heterocycles. The van der Waals surface area contributed by atoms with Gasteiger partial charge >= 0.3 is 0 Å². The van der Waals surface area contributed by atoms with E-state index in [9.17, 15) is 4.79 Å². The van der Waals surface area contributed by atoms with E-state index in [-0.39, 0.29) is 5.91 Å². The van der Waals surface area contributed by atoms with E-state index in [1.807, 2.05) is 49.1 Å². The number of nitrogens with zero attached hydrogens (tertiary/aromatic N) is 5. The van der Waals surface area contributed by atoms with Crippen LogP contribution in [0.3, 0.4) is 0 Å². The second kappa shape index (κ2) is 9.15. The van der Waals surface area contributed by atoms with Gasteiger partial charge in [0, 0.05) is 56.1 Å². The Balaban J connectivity index is 1.59. The monoisotopic (exact) mass is 381 g/mol. The predicted molar refractivity (Wildman–Crippen MR) is 114 cm³/mol. The van der Waals surface area contributed by atoms with Crippen LogP contribution in [-0.4, -0.2) is 60.0 Å². The summed E-state index contributed by atoms with van der Waals surface area (Å²) in [6.07, 6.45) is 0. The number of para-hydroxylation sites is 1. The first-order valence-corrected chi connectivity index (χ1v) is 10.2. The van der Waals surface area contributed by atoms with Crippen molar-refractivity contribution in [2.75, 3.05) is 49.1 Å². The molecular weight excluding hydrogens is 350 g/mol. The van der Waals surface area contributed by atoms with Crippen LogP contribution < -0.4 is 9.80 Å². The Kier molecular flexibility index (Phi) is 6.62. The lowest BCUT2D eigenvalue weighted by Gasteiger charge is -2.36. The zero-order valence-electron chi connectivity index (χ0n) is 17.4. The number of amides is 1. The standard InChI is InChI=1S/C22H31N5O/c1-5-27(19-9-7-6-8-10-19)21(28)16-25-11-13-26(14-12-25)20-15-18(4)23-22(24-20)17(2)3/h6-10,15,17H,5,11-14,16H2,1-4H3. The molecule has 1 aliphatic rings. The summed E-state index contributed by atoms with van der Waals surface area (Å²) < 4.78 is 0. The van der Waals surface area contributed by atoms with Crippen molar-refractivity contribution in [1.29, 1.82) is 0 Å². The second-order valence-electron chi connectivity index (χ2n) is 7.62. The summed E-state index contributed by atoms with van der Waals surface area (Å²) in [5.41, 5.74) is 1.97. The van der Waals surface area contributed by atoms with Gasteiger partial charge in [-0.2, -0.15) is 0 Å². The van der Waals surface area contributed by atoms with Crippen LogP contribution in [0.15, 0.2) is 36.4 Å². The molecule has 0 atom stereocenters. The van der Waals surface area contributed by atoms with Crippen molar-refractivity contribution in [3.8, 4) is 0 Å². The molecule has 0 aliphatic carbocycles. The number of hydrogen-bond acceptors (Lipinski definition) is 5. The van der Waals surface area contributed by atoms with Crippen LogP contribution in [-0.2, 0) is 4.79 Å². The third-order valence-corrected chi connectivity index (χ3v) is 5.11.